The minimum Gasteiger partial charge on any atom is -0.307 e. The normalized spacial score (nSPS) is 25.1. The Morgan fingerprint density at radius 3 is 2.38 bits per heavy atom. The SMILES string of the molecule is Cc1nn(C)c(C)c1C(C)NC1CCCCC1C(F)(F)F. The van der Waals surface area contributed by atoms with Crippen LogP contribution in [0.2, 0.25) is 0 Å². The zero-order valence-corrected chi connectivity index (χ0v) is 13.1. The second kappa shape index (κ2) is 5.99. The van der Waals surface area contributed by atoms with E-state index in [0.717, 1.165) is 23.4 Å². The summed E-state index contributed by atoms with van der Waals surface area (Å²) in [7, 11) is 1.86. The number of nitrogens with one attached hydrogen (secondary N) is 1. The molecule has 0 aromatic carbocycles. The van der Waals surface area contributed by atoms with Crippen molar-refractivity contribution in [3.8, 4) is 0 Å². The molecule has 0 spiro atoms. The molecule has 0 bridgehead atoms. The van der Waals surface area contributed by atoms with Crippen LogP contribution in [0.5, 0.6) is 0 Å². The molecule has 1 aromatic heterocycles. The predicted octanol–water partition coefficient (Wildman–Crippen LogP) is 3.81. The van der Waals surface area contributed by atoms with Gasteiger partial charge in [-0.15, -0.1) is 0 Å². The number of aryl methyl sites for hydroxylation is 2. The molecule has 3 atom stereocenters. The van der Waals surface area contributed by atoms with Crippen molar-refractivity contribution in [3.05, 3.63) is 17.0 Å². The van der Waals surface area contributed by atoms with Gasteiger partial charge in [0.15, 0.2) is 0 Å². The number of rotatable bonds is 3. The van der Waals surface area contributed by atoms with Gasteiger partial charge in [0.1, 0.15) is 0 Å². The van der Waals surface area contributed by atoms with Crippen LogP contribution in [0.1, 0.15) is 55.6 Å². The first-order valence-corrected chi connectivity index (χ1v) is 7.54. The summed E-state index contributed by atoms with van der Waals surface area (Å²) in [6.07, 6.45) is -1.76. The first-order chi connectivity index (χ1) is 9.71. The van der Waals surface area contributed by atoms with E-state index in [1.54, 1.807) is 4.68 Å². The van der Waals surface area contributed by atoms with E-state index >= 15 is 0 Å². The fourth-order valence-electron chi connectivity index (χ4n) is 3.54. The van der Waals surface area contributed by atoms with E-state index in [1.165, 1.54) is 0 Å². The Hall–Kier alpha value is -1.04. The summed E-state index contributed by atoms with van der Waals surface area (Å²) in [6, 6.07) is -0.612. The number of aromatic nitrogens is 2. The Morgan fingerprint density at radius 2 is 1.86 bits per heavy atom. The fourth-order valence-corrected chi connectivity index (χ4v) is 3.54. The zero-order chi connectivity index (χ0) is 15.8. The molecule has 2 rings (SSSR count). The van der Waals surface area contributed by atoms with Crippen LogP contribution in [0.3, 0.4) is 0 Å². The Kier molecular flexibility index (Phi) is 4.66. The van der Waals surface area contributed by atoms with Crippen molar-refractivity contribution in [2.45, 2.75) is 64.7 Å². The van der Waals surface area contributed by atoms with E-state index in [2.05, 4.69) is 10.4 Å². The maximum Gasteiger partial charge on any atom is 0.393 e. The number of halogens is 3. The standard InChI is InChI=1S/C15H24F3N3/c1-9(14-10(2)20-21(4)11(14)3)19-13-8-6-5-7-12(13)15(16,17)18/h9,12-13,19H,5-8H2,1-4H3. The predicted molar refractivity (Wildman–Crippen MR) is 76.0 cm³/mol. The van der Waals surface area contributed by atoms with Gasteiger partial charge >= 0.3 is 6.18 Å². The lowest BCUT2D eigenvalue weighted by atomic mass is 9.83. The highest BCUT2D eigenvalue weighted by atomic mass is 19.4. The molecule has 3 unspecified atom stereocenters. The van der Waals surface area contributed by atoms with Crippen LogP contribution in [-0.2, 0) is 7.05 Å². The highest BCUT2D eigenvalue weighted by molar-refractivity contribution is 5.27. The van der Waals surface area contributed by atoms with Gasteiger partial charge in [-0.05, 0) is 33.6 Å². The van der Waals surface area contributed by atoms with E-state index in [9.17, 15) is 13.2 Å². The van der Waals surface area contributed by atoms with Crippen LogP contribution in [0.25, 0.3) is 0 Å². The van der Waals surface area contributed by atoms with Crippen molar-refractivity contribution >= 4 is 0 Å². The lowest BCUT2D eigenvalue weighted by Gasteiger charge is -2.35. The van der Waals surface area contributed by atoms with E-state index in [4.69, 9.17) is 0 Å². The molecule has 0 saturated heterocycles. The van der Waals surface area contributed by atoms with Crippen molar-refractivity contribution < 1.29 is 13.2 Å². The first-order valence-electron chi connectivity index (χ1n) is 7.54. The quantitative estimate of drug-likeness (QED) is 0.920. The summed E-state index contributed by atoms with van der Waals surface area (Å²) >= 11 is 0. The van der Waals surface area contributed by atoms with E-state index < -0.39 is 18.1 Å². The smallest absolute Gasteiger partial charge is 0.307 e. The molecule has 1 aliphatic rings. The Bertz CT molecular complexity index is 493. The van der Waals surface area contributed by atoms with Crippen LogP contribution in [0.4, 0.5) is 13.2 Å². The molecule has 1 saturated carbocycles. The van der Waals surface area contributed by atoms with Gasteiger partial charge in [0.2, 0.25) is 0 Å². The summed E-state index contributed by atoms with van der Waals surface area (Å²) in [5.74, 6) is -1.23. The van der Waals surface area contributed by atoms with Crippen LogP contribution in [0.15, 0.2) is 0 Å². The van der Waals surface area contributed by atoms with Gasteiger partial charge in [-0.3, -0.25) is 4.68 Å². The molecule has 3 nitrogen and oxygen atoms in total. The molecule has 1 heterocycles. The van der Waals surface area contributed by atoms with Crippen LogP contribution in [-0.4, -0.2) is 22.0 Å². The average Bonchev–Trinajstić information content (AvgIpc) is 2.62. The van der Waals surface area contributed by atoms with E-state index in [1.807, 2.05) is 27.8 Å². The molecule has 0 radical (unpaired) electrons. The average molecular weight is 303 g/mol. The molecule has 1 fully saturated rings. The summed E-state index contributed by atoms with van der Waals surface area (Å²) in [5, 5.41) is 7.56. The summed E-state index contributed by atoms with van der Waals surface area (Å²) in [4.78, 5) is 0. The summed E-state index contributed by atoms with van der Waals surface area (Å²) < 4.78 is 41.2. The number of alkyl halides is 3. The molecule has 6 heteroatoms. The van der Waals surface area contributed by atoms with Crippen LogP contribution >= 0.6 is 0 Å². The monoisotopic (exact) mass is 303 g/mol. The second-order valence-corrected chi connectivity index (χ2v) is 6.14. The maximum absolute atomic E-state index is 13.2. The van der Waals surface area contributed by atoms with E-state index in [0.29, 0.717) is 12.8 Å². The minimum absolute atomic E-state index is 0.119. The van der Waals surface area contributed by atoms with Gasteiger partial charge in [-0.1, -0.05) is 12.8 Å². The topological polar surface area (TPSA) is 29.9 Å². The van der Waals surface area contributed by atoms with Crippen molar-refractivity contribution in [1.82, 2.24) is 15.1 Å². The van der Waals surface area contributed by atoms with Gasteiger partial charge < -0.3 is 5.32 Å². The molecule has 1 N–H and O–H groups in total. The molecule has 0 aliphatic heterocycles. The van der Waals surface area contributed by atoms with Gasteiger partial charge in [-0.25, -0.2) is 0 Å². The molecule has 21 heavy (non-hydrogen) atoms. The molecule has 120 valence electrons. The van der Waals surface area contributed by atoms with Gasteiger partial charge in [0.05, 0.1) is 11.6 Å². The Labute approximate surface area is 123 Å². The van der Waals surface area contributed by atoms with Crippen LogP contribution < -0.4 is 5.32 Å². The number of nitrogens with zero attached hydrogens (tertiary/aromatic N) is 2. The highest BCUT2D eigenvalue weighted by Crippen LogP contribution is 2.38. The maximum atomic E-state index is 13.2. The third kappa shape index (κ3) is 3.42. The van der Waals surface area contributed by atoms with Gasteiger partial charge in [0, 0.05) is 30.4 Å². The summed E-state index contributed by atoms with van der Waals surface area (Å²) in [6.45, 7) is 5.79. The van der Waals surface area contributed by atoms with E-state index in [-0.39, 0.29) is 12.5 Å². The molecule has 1 aliphatic carbocycles. The van der Waals surface area contributed by atoms with Crippen molar-refractivity contribution in [2.75, 3.05) is 0 Å². The molecular weight excluding hydrogens is 279 g/mol. The number of hydrogen-bond acceptors (Lipinski definition) is 2. The largest absolute Gasteiger partial charge is 0.393 e. The third-order valence-electron chi connectivity index (χ3n) is 4.65. The van der Waals surface area contributed by atoms with Crippen LogP contribution in [0, 0.1) is 19.8 Å². The van der Waals surface area contributed by atoms with Crippen molar-refractivity contribution in [2.24, 2.45) is 13.0 Å². The molecule has 1 aromatic rings. The second-order valence-electron chi connectivity index (χ2n) is 6.14. The lowest BCUT2D eigenvalue weighted by Crippen LogP contribution is -2.46. The Balaban J connectivity index is 2.15. The lowest BCUT2D eigenvalue weighted by molar-refractivity contribution is -0.189. The number of hydrogen-bond donors (Lipinski definition) is 1. The van der Waals surface area contributed by atoms with Crippen molar-refractivity contribution in [3.63, 3.8) is 0 Å². The minimum atomic E-state index is -4.11. The molecular formula is C15H24F3N3. The van der Waals surface area contributed by atoms with Gasteiger partial charge in [-0.2, -0.15) is 18.3 Å². The van der Waals surface area contributed by atoms with Crippen molar-refractivity contribution in [1.29, 1.82) is 0 Å². The third-order valence-corrected chi connectivity index (χ3v) is 4.65. The summed E-state index contributed by atoms with van der Waals surface area (Å²) in [5.41, 5.74) is 2.91. The highest BCUT2D eigenvalue weighted by Gasteiger charge is 2.45. The fraction of sp³-hybridized carbons (Fsp3) is 0.800. The Morgan fingerprint density at radius 1 is 1.24 bits per heavy atom. The molecule has 0 amide bonds. The zero-order valence-electron chi connectivity index (χ0n) is 13.1. The first kappa shape index (κ1) is 16.3. The van der Waals surface area contributed by atoms with Gasteiger partial charge in [0.25, 0.3) is 0 Å².